The van der Waals surface area contributed by atoms with Crippen molar-refractivity contribution in [3.8, 4) is 62.1 Å². The van der Waals surface area contributed by atoms with Gasteiger partial charge in [0, 0.05) is 68.7 Å². The van der Waals surface area contributed by atoms with Gasteiger partial charge in [-0.25, -0.2) is 29.1 Å². The van der Waals surface area contributed by atoms with Crippen molar-refractivity contribution >= 4 is 70.2 Å². The molecule has 5 heterocycles. The molecule has 12 heteroatoms. The van der Waals surface area contributed by atoms with Crippen molar-refractivity contribution in [2.24, 2.45) is 23.7 Å². The third kappa shape index (κ3) is 13.2. The van der Waals surface area contributed by atoms with Gasteiger partial charge >= 0.3 is 23.9 Å². The highest BCUT2D eigenvalue weighted by Crippen LogP contribution is 2.52. The van der Waals surface area contributed by atoms with E-state index in [1.165, 1.54) is 24.3 Å². The van der Waals surface area contributed by atoms with Crippen LogP contribution in [0.5, 0.6) is 23.0 Å². The molecule has 2 aliphatic heterocycles. The van der Waals surface area contributed by atoms with E-state index >= 15 is 0 Å². The van der Waals surface area contributed by atoms with Gasteiger partial charge in [0.15, 0.2) is 5.75 Å². The van der Waals surface area contributed by atoms with Crippen molar-refractivity contribution in [1.82, 2.24) is 19.5 Å². The minimum absolute atomic E-state index is 0.0469. The molecule has 1 N–H and O–H groups in total. The number of benzene rings is 4. The minimum atomic E-state index is -0.616. The standard InChI is InChI=1S/C68H62N4O8/c1-42(2)25-35-61(73)77-57-21-13-9-17-51(57)65-54-34-33-49(71-54)40-48-30-29-46(69-48)39-47-31-32-50(70-47)41-56-66(52-18-10-14-22-58(52)78-62(74)36-26-43(3)4)67(53-19-11-15-23-59(53)79-63(75)37-27-44(5)6)68(65)72(56)55-20-12-16-24-60(55)80-64(76)38-28-45(7)8/h9-45,69H,1-8H3. The Hall–Kier alpha value is -9.68. The lowest BCUT2D eigenvalue weighted by molar-refractivity contribution is -0.129. The van der Waals surface area contributed by atoms with E-state index < -0.39 is 23.9 Å². The van der Waals surface area contributed by atoms with E-state index in [0.717, 1.165) is 11.0 Å². The number of aromatic amines is 1. The Labute approximate surface area is 465 Å². The summed E-state index contributed by atoms with van der Waals surface area (Å²) in [4.78, 5) is 70.0. The Balaban J connectivity index is 1.59. The van der Waals surface area contributed by atoms with Gasteiger partial charge < -0.3 is 28.5 Å². The van der Waals surface area contributed by atoms with Gasteiger partial charge in [0.05, 0.1) is 39.5 Å². The number of nitrogens with one attached hydrogen (secondary N) is 1. The average molecular weight is 1060 g/mol. The molecule has 0 aliphatic carbocycles. The van der Waals surface area contributed by atoms with Crippen LogP contribution in [0.2, 0.25) is 0 Å². The minimum Gasteiger partial charge on any atom is -0.423 e. The molecule has 2 aliphatic rings. The van der Waals surface area contributed by atoms with Crippen LogP contribution in [0.25, 0.3) is 85.4 Å². The number of fused-ring (bicyclic) bond motifs is 8. The Morgan fingerprint density at radius 2 is 0.800 bits per heavy atom. The summed E-state index contributed by atoms with van der Waals surface area (Å²) in [5.74, 6) is -1.47. The topological polar surface area (TPSA) is 152 Å². The summed E-state index contributed by atoms with van der Waals surface area (Å²) < 4.78 is 27.4. The molecule has 7 aromatic rings. The average Bonchev–Trinajstić information content (AvgIpc) is 4.41. The third-order valence-electron chi connectivity index (χ3n) is 12.6. The second-order valence-electron chi connectivity index (χ2n) is 20.6. The van der Waals surface area contributed by atoms with Crippen molar-refractivity contribution in [2.75, 3.05) is 0 Å². The van der Waals surface area contributed by atoms with Crippen molar-refractivity contribution < 1.29 is 38.1 Å². The van der Waals surface area contributed by atoms with Gasteiger partial charge in [-0.1, -0.05) is 146 Å². The van der Waals surface area contributed by atoms with Crippen LogP contribution in [0.15, 0.2) is 176 Å². The lowest BCUT2D eigenvalue weighted by Gasteiger charge is -2.18. The summed E-state index contributed by atoms with van der Waals surface area (Å²) in [5, 5.41) is 0. The van der Waals surface area contributed by atoms with Gasteiger partial charge in [0.2, 0.25) is 0 Å². The molecule has 402 valence electrons. The summed E-state index contributed by atoms with van der Waals surface area (Å²) in [6.07, 6.45) is 20.3. The number of nitrogens with zero attached hydrogens (tertiary/aromatic N) is 3. The number of rotatable bonds is 16. The van der Waals surface area contributed by atoms with E-state index in [-0.39, 0.29) is 46.7 Å². The van der Waals surface area contributed by atoms with Gasteiger partial charge in [0.25, 0.3) is 0 Å². The summed E-state index contributed by atoms with van der Waals surface area (Å²) in [6, 6.07) is 38.5. The highest BCUT2D eigenvalue weighted by atomic mass is 16.5. The van der Waals surface area contributed by atoms with Gasteiger partial charge in [-0.3, -0.25) is 0 Å². The number of carbonyl (C=O) groups excluding carboxylic acids is 4. The fraction of sp³-hybridized carbons (Fsp3) is 0.176. The molecule has 80 heavy (non-hydrogen) atoms. The number of hydrogen-bond donors (Lipinski definition) is 1. The molecule has 12 nitrogen and oxygen atoms in total. The number of esters is 4. The number of ether oxygens (including phenoxy) is 4. The first kappa shape index (κ1) is 55.1. The normalized spacial score (nSPS) is 12.3. The summed E-state index contributed by atoms with van der Waals surface area (Å²) in [7, 11) is 0. The Bertz CT molecular complexity index is 3900. The molecule has 0 saturated heterocycles. The smallest absolute Gasteiger partial charge is 0.335 e. The van der Waals surface area contributed by atoms with Crippen LogP contribution in [0.3, 0.4) is 0 Å². The van der Waals surface area contributed by atoms with Crippen LogP contribution in [-0.4, -0.2) is 43.4 Å². The molecule has 4 aromatic carbocycles. The van der Waals surface area contributed by atoms with Gasteiger partial charge in [0.1, 0.15) is 17.2 Å². The van der Waals surface area contributed by atoms with Crippen LogP contribution in [-0.2, 0) is 19.2 Å². The quantitative estimate of drug-likeness (QED) is 0.0562. The zero-order valence-corrected chi connectivity index (χ0v) is 46.0. The maximum Gasteiger partial charge on any atom is 0.335 e. The molecule has 0 atom stereocenters. The van der Waals surface area contributed by atoms with Gasteiger partial charge in [-0.05, 0) is 109 Å². The van der Waals surface area contributed by atoms with Crippen LogP contribution >= 0.6 is 0 Å². The summed E-state index contributed by atoms with van der Waals surface area (Å²) >= 11 is 0. The second kappa shape index (κ2) is 24.8. The van der Waals surface area contributed by atoms with Crippen molar-refractivity contribution in [3.05, 3.63) is 199 Å². The van der Waals surface area contributed by atoms with E-state index in [0.29, 0.717) is 72.9 Å². The predicted octanol–water partition coefficient (Wildman–Crippen LogP) is 15.6. The number of aromatic nitrogens is 4. The number of hydrogen-bond acceptors (Lipinski definition) is 10. The molecule has 0 unspecified atom stereocenters. The molecular formula is C68H62N4O8. The number of para-hydroxylation sites is 5. The Morgan fingerprint density at radius 3 is 1.27 bits per heavy atom. The lowest BCUT2D eigenvalue weighted by atomic mass is 9.92. The van der Waals surface area contributed by atoms with E-state index in [1.54, 1.807) is 72.8 Å². The predicted molar refractivity (Wildman–Crippen MR) is 319 cm³/mol. The molecule has 0 radical (unpaired) electrons. The highest BCUT2D eigenvalue weighted by molar-refractivity contribution is 6.13. The van der Waals surface area contributed by atoms with E-state index in [1.807, 2.05) is 163 Å². The maximum absolute atomic E-state index is 14.0. The first-order valence-electron chi connectivity index (χ1n) is 26.7. The lowest BCUT2D eigenvalue weighted by Crippen LogP contribution is -2.08. The molecule has 8 bridgehead atoms. The molecule has 0 saturated carbocycles. The van der Waals surface area contributed by atoms with Crippen LogP contribution in [0.4, 0.5) is 0 Å². The van der Waals surface area contributed by atoms with Gasteiger partial charge in [-0.2, -0.15) is 0 Å². The van der Waals surface area contributed by atoms with Crippen molar-refractivity contribution in [2.45, 2.75) is 55.4 Å². The molecular weight excluding hydrogens is 1000 g/mol. The number of carbonyl (C=O) groups is 4. The first-order chi connectivity index (χ1) is 38.6. The molecule has 0 amide bonds. The van der Waals surface area contributed by atoms with Crippen LogP contribution < -0.4 is 18.9 Å². The van der Waals surface area contributed by atoms with E-state index in [4.69, 9.17) is 28.9 Å². The highest BCUT2D eigenvalue weighted by Gasteiger charge is 2.31. The van der Waals surface area contributed by atoms with E-state index in [9.17, 15) is 19.2 Å². The molecule has 0 spiro atoms. The Kier molecular flexibility index (Phi) is 17.0. The molecule has 9 rings (SSSR count). The second-order valence-corrected chi connectivity index (χ2v) is 20.6. The van der Waals surface area contributed by atoms with Crippen LogP contribution in [0, 0.1) is 23.7 Å². The van der Waals surface area contributed by atoms with Crippen LogP contribution in [0.1, 0.15) is 78.2 Å². The Morgan fingerprint density at radius 1 is 0.425 bits per heavy atom. The van der Waals surface area contributed by atoms with Gasteiger partial charge in [-0.15, -0.1) is 0 Å². The maximum atomic E-state index is 14.0. The largest absolute Gasteiger partial charge is 0.423 e. The molecule has 3 aromatic heterocycles. The molecule has 0 fully saturated rings. The SMILES string of the molecule is CC(C)C=CC(=O)Oc1ccccc1-c1c(-c2ccccc2OC(=O)C=CC(C)C)c2c(-c3ccccc3OC(=O)C=CC(C)C)c3nc(cc4ccc(cc5nc(cc1n2-c1ccccc1OC(=O)C=CC(C)C)C=C5)[nH]4)C=C3. The fourth-order valence-electron chi connectivity index (χ4n) is 9.01. The van der Waals surface area contributed by atoms with Crippen molar-refractivity contribution in [1.29, 1.82) is 0 Å². The monoisotopic (exact) mass is 1060 g/mol. The zero-order valence-electron chi connectivity index (χ0n) is 46.0. The number of allylic oxidation sites excluding steroid dienone is 4. The number of H-pyrrole nitrogens is 1. The first-order valence-corrected chi connectivity index (χ1v) is 26.7. The summed E-state index contributed by atoms with van der Waals surface area (Å²) in [5.41, 5.74) is 7.77. The fourth-order valence-corrected chi connectivity index (χ4v) is 9.01. The third-order valence-corrected chi connectivity index (χ3v) is 12.6. The van der Waals surface area contributed by atoms with Crippen molar-refractivity contribution in [3.63, 3.8) is 0 Å². The zero-order chi connectivity index (χ0) is 56.5. The van der Waals surface area contributed by atoms with E-state index in [2.05, 4.69) is 4.98 Å². The summed E-state index contributed by atoms with van der Waals surface area (Å²) in [6.45, 7) is 15.7.